The number of nitrogens with zero attached hydrogens (tertiary/aromatic N) is 3. The lowest BCUT2D eigenvalue weighted by Crippen LogP contribution is -2.32. The molecule has 3 rings (SSSR count). The van der Waals surface area contributed by atoms with Crippen LogP contribution in [-0.2, 0) is 12.7 Å². The summed E-state index contributed by atoms with van der Waals surface area (Å²) in [6.07, 6.45) is -1.65. The van der Waals surface area contributed by atoms with Gasteiger partial charge in [0.1, 0.15) is 5.56 Å². The van der Waals surface area contributed by atoms with E-state index >= 15 is 0 Å². The fraction of sp³-hybridized carbons (Fsp3) is 0.188. The van der Waals surface area contributed by atoms with Gasteiger partial charge in [0, 0.05) is 31.4 Å². The number of carbonyl (C=O) groups is 1. The second-order valence-electron chi connectivity index (χ2n) is 5.39. The van der Waals surface area contributed by atoms with Gasteiger partial charge in [0.05, 0.1) is 5.56 Å². The van der Waals surface area contributed by atoms with E-state index in [9.17, 15) is 22.8 Å². The topological polar surface area (TPSA) is 54.7 Å². The number of alkyl halides is 3. The first-order valence-electron chi connectivity index (χ1n) is 7.14. The first kappa shape index (κ1) is 17.2. The van der Waals surface area contributed by atoms with Crippen LogP contribution in [0, 0.1) is 0 Å². The molecule has 0 unspecified atom stereocenters. The molecule has 25 heavy (non-hydrogen) atoms. The van der Waals surface area contributed by atoms with E-state index in [1.165, 1.54) is 52.2 Å². The lowest BCUT2D eigenvalue weighted by atomic mass is 10.1. The predicted octanol–water partition coefficient (Wildman–Crippen LogP) is 3.05. The second-order valence-corrected chi connectivity index (χ2v) is 6.26. The summed E-state index contributed by atoms with van der Waals surface area (Å²) in [5, 5.41) is 1.68. The molecule has 3 aromatic rings. The Labute approximate surface area is 144 Å². The zero-order valence-electron chi connectivity index (χ0n) is 12.9. The average Bonchev–Trinajstić information content (AvgIpc) is 3.04. The van der Waals surface area contributed by atoms with Crippen molar-refractivity contribution in [3.8, 4) is 0 Å². The van der Waals surface area contributed by atoms with Crippen molar-refractivity contribution in [3.63, 3.8) is 0 Å². The van der Waals surface area contributed by atoms with Gasteiger partial charge in [-0.2, -0.15) is 13.2 Å². The van der Waals surface area contributed by atoms with E-state index in [4.69, 9.17) is 0 Å². The van der Waals surface area contributed by atoms with E-state index in [1.54, 1.807) is 5.38 Å². The largest absolute Gasteiger partial charge is 0.416 e. The Balaban J connectivity index is 1.80. The molecular formula is C16H12F3N3O2S. The molecule has 0 saturated heterocycles. The van der Waals surface area contributed by atoms with Crippen molar-refractivity contribution in [3.05, 3.63) is 69.1 Å². The first-order valence-corrected chi connectivity index (χ1v) is 8.02. The van der Waals surface area contributed by atoms with Gasteiger partial charge < -0.3 is 4.90 Å². The van der Waals surface area contributed by atoms with Crippen molar-refractivity contribution in [2.24, 2.45) is 0 Å². The highest BCUT2D eigenvalue weighted by Gasteiger charge is 2.30. The van der Waals surface area contributed by atoms with Crippen LogP contribution in [0.1, 0.15) is 21.5 Å². The minimum Gasteiger partial charge on any atom is -0.337 e. The van der Waals surface area contributed by atoms with Crippen LogP contribution < -0.4 is 5.56 Å². The standard InChI is InChI=1S/C16H12F3N3O2S/c1-21(9-10-2-4-11(5-3-10)16(17,18)19)13(23)12-8-20-15-22(14(12)24)6-7-25-15/h2-8H,9H2,1H3. The fourth-order valence-corrected chi connectivity index (χ4v) is 3.00. The third-order valence-corrected chi connectivity index (χ3v) is 4.39. The molecule has 5 nitrogen and oxygen atoms in total. The molecule has 130 valence electrons. The number of halogens is 3. The highest BCUT2D eigenvalue weighted by molar-refractivity contribution is 7.15. The van der Waals surface area contributed by atoms with Crippen molar-refractivity contribution >= 4 is 22.2 Å². The Kier molecular flexibility index (Phi) is 4.34. The third-order valence-electron chi connectivity index (χ3n) is 3.62. The molecule has 0 saturated carbocycles. The van der Waals surface area contributed by atoms with E-state index < -0.39 is 23.2 Å². The van der Waals surface area contributed by atoms with Crippen LogP contribution in [0.2, 0.25) is 0 Å². The SMILES string of the molecule is CN(Cc1ccc(C(F)(F)F)cc1)C(=O)c1cnc2sccn2c1=O. The minimum atomic E-state index is -4.41. The van der Waals surface area contributed by atoms with Crippen LogP contribution in [-0.4, -0.2) is 27.2 Å². The lowest BCUT2D eigenvalue weighted by molar-refractivity contribution is -0.137. The van der Waals surface area contributed by atoms with Gasteiger partial charge in [0.15, 0.2) is 4.96 Å². The number of amides is 1. The molecule has 0 aliphatic carbocycles. The van der Waals surface area contributed by atoms with Crippen LogP contribution in [0.4, 0.5) is 13.2 Å². The second kappa shape index (κ2) is 6.32. The van der Waals surface area contributed by atoms with Gasteiger partial charge in [0.25, 0.3) is 11.5 Å². The van der Waals surface area contributed by atoms with Crippen molar-refractivity contribution in [1.29, 1.82) is 0 Å². The molecule has 2 aromatic heterocycles. The van der Waals surface area contributed by atoms with Gasteiger partial charge in [0.2, 0.25) is 0 Å². The Morgan fingerprint density at radius 2 is 1.96 bits per heavy atom. The smallest absolute Gasteiger partial charge is 0.337 e. The number of hydrogen-bond acceptors (Lipinski definition) is 4. The number of fused-ring (bicyclic) bond motifs is 1. The van der Waals surface area contributed by atoms with Gasteiger partial charge in [-0.15, -0.1) is 11.3 Å². The number of hydrogen-bond donors (Lipinski definition) is 0. The molecule has 0 N–H and O–H groups in total. The Morgan fingerprint density at radius 3 is 2.60 bits per heavy atom. The zero-order valence-corrected chi connectivity index (χ0v) is 13.8. The van der Waals surface area contributed by atoms with Crippen LogP contribution in [0.15, 0.2) is 46.8 Å². The van der Waals surface area contributed by atoms with Gasteiger partial charge in [-0.3, -0.25) is 14.0 Å². The summed E-state index contributed by atoms with van der Waals surface area (Å²) < 4.78 is 39.0. The molecule has 0 aliphatic rings. The molecular weight excluding hydrogens is 355 g/mol. The molecule has 0 spiro atoms. The maximum atomic E-state index is 12.6. The van der Waals surface area contributed by atoms with Gasteiger partial charge >= 0.3 is 6.18 Å². The minimum absolute atomic E-state index is 0.0722. The lowest BCUT2D eigenvalue weighted by Gasteiger charge is -2.17. The summed E-state index contributed by atoms with van der Waals surface area (Å²) in [5.74, 6) is -0.544. The van der Waals surface area contributed by atoms with E-state index in [-0.39, 0.29) is 12.1 Å². The molecule has 0 fully saturated rings. The molecule has 0 aliphatic heterocycles. The highest BCUT2D eigenvalue weighted by atomic mass is 32.1. The quantitative estimate of drug-likeness (QED) is 0.715. The monoisotopic (exact) mass is 367 g/mol. The number of benzene rings is 1. The Hall–Kier alpha value is -2.68. The van der Waals surface area contributed by atoms with E-state index in [0.29, 0.717) is 10.5 Å². The predicted molar refractivity (Wildman–Crippen MR) is 86.6 cm³/mol. The maximum Gasteiger partial charge on any atom is 0.416 e. The summed E-state index contributed by atoms with van der Waals surface area (Å²) in [4.78, 5) is 30.6. The molecule has 1 aromatic carbocycles. The fourth-order valence-electron chi connectivity index (χ4n) is 2.32. The van der Waals surface area contributed by atoms with E-state index in [0.717, 1.165) is 12.1 Å². The number of aromatic nitrogens is 2. The van der Waals surface area contributed by atoms with Gasteiger partial charge in [-0.25, -0.2) is 4.98 Å². The molecule has 0 bridgehead atoms. The Bertz CT molecular complexity index is 977. The van der Waals surface area contributed by atoms with Gasteiger partial charge in [-0.05, 0) is 17.7 Å². The summed E-state index contributed by atoms with van der Waals surface area (Å²) >= 11 is 1.27. The number of thiazole rings is 1. The van der Waals surface area contributed by atoms with E-state index in [1.807, 2.05) is 0 Å². The normalized spacial score (nSPS) is 11.7. The summed E-state index contributed by atoms with van der Waals surface area (Å²) in [5.41, 5.74) is -0.801. The highest BCUT2D eigenvalue weighted by Crippen LogP contribution is 2.29. The summed E-state index contributed by atoms with van der Waals surface area (Å²) in [7, 11) is 1.47. The molecule has 0 atom stereocenters. The Morgan fingerprint density at radius 1 is 1.28 bits per heavy atom. The number of carbonyl (C=O) groups excluding carboxylic acids is 1. The summed E-state index contributed by atoms with van der Waals surface area (Å²) in [6.45, 7) is 0.0722. The van der Waals surface area contributed by atoms with Crippen LogP contribution >= 0.6 is 11.3 Å². The average molecular weight is 367 g/mol. The van der Waals surface area contributed by atoms with Crippen molar-refractivity contribution < 1.29 is 18.0 Å². The molecule has 1 amide bonds. The van der Waals surface area contributed by atoms with Crippen molar-refractivity contribution in [1.82, 2.24) is 14.3 Å². The van der Waals surface area contributed by atoms with Crippen LogP contribution in [0.3, 0.4) is 0 Å². The van der Waals surface area contributed by atoms with Crippen molar-refractivity contribution in [2.45, 2.75) is 12.7 Å². The van der Waals surface area contributed by atoms with Crippen molar-refractivity contribution in [2.75, 3.05) is 7.05 Å². The van der Waals surface area contributed by atoms with Gasteiger partial charge in [-0.1, -0.05) is 12.1 Å². The zero-order chi connectivity index (χ0) is 18.2. The summed E-state index contributed by atoms with van der Waals surface area (Å²) in [6, 6.07) is 4.53. The molecule has 0 radical (unpaired) electrons. The molecule has 9 heteroatoms. The van der Waals surface area contributed by atoms with Crippen LogP contribution in [0.5, 0.6) is 0 Å². The van der Waals surface area contributed by atoms with E-state index in [2.05, 4.69) is 4.98 Å². The third kappa shape index (κ3) is 3.41. The molecule has 2 heterocycles. The number of rotatable bonds is 3. The van der Waals surface area contributed by atoms with Crippen LogP contribution in [0.25, 0.3) is 4.96 Å². The maximum absolute atomic E-state index is 12.6. The first-order chi connectivity index (χ1) is 11.8.